The number of fused-ring (bicyclic) bond motifs is 1. The molecule has 0 bridgehead atoms. The maximum Gasteiger partial charge on any atom is 1.00 e. The largest absolute Gasteiger partial charge is 1.00 e. The van der Waals surface area contributed by atoms with Gasteiger partial charge in [-0.3, -0.25) is 9.69 Å². The normalized spacial score (nSPS) is 27.2. The summed E-state index contributed by atoms with van der Waals surface area (Å²) in [6, 6.07) is 2.20. The molecule has 1 aromatic heterocycles. The molecule has 1 aromatic rings. The Morgan fingerprint density at radius 1 is 1.56 bits per heavy atom. The molecule has 0 aromatic carbocycles. The van der Waals surface area contributed by atoms with E-state index in [0.717, 1.165) is 0 Å². The molecule has 0 spiro atoms. The summed E-state index contributed by atoms with van der Waals surface area (Å²) in [6.07, 6.45) is 2.66. The molecule has 18 heavy (non-hydrogen) atoms. The van der Waals surface area contributed by atoms with Crippen LogP contribution in [0, 0.1) is 0 Å². The first-order valence-electron chi connectivity index (χ1n) is 5.10. The summed E-state index contributed by atoms with van der Waals surface area (Å²) in [5, 5.41) is 11.0. The minimum Gasteiger partial charge on any atom is -0.547 e. The van der Waals surface area contributed by atoms with Crippen LogP contribution in [0.5, 0.6) is 0 Å². The Morgan fingerprint density at radius 3 is 2.89 bits per heavy atom. The summed E-state index contributed by atoms with van der Waals surface area (Å²) in [4.78, 5) is 23.5. The molecule has 88 valence electrons. The van der Waals surface area contributed by atoms with E-state index in [4.69, 9.17) is 9.15 Å². The molecular weight excluding hydrogens is 249 g/mol. The number of β-lactam (4-membered cyclic amide) rings is 1. The van der Waals surface area contributed by atoms with Crippen LogP contribution >= 0.6 is 0 Å². The fraction of sp³-hybridized carbons (Fsp3) is 0.273. The summed E-state index contributed by atoms with van der Waals surface area (Å²) >= 11 is 0. The van der Waals surface area contributed by atoms with Crippen LogP contribution in [0.25, 0.3) is 6.08 Å². The van der Waals surface area contributed by atoms with Crippen molar-refractivity contribution in [2.45, 2.75) is 18.7 Å². The van der Waals surface area contributed by atoms with Gasteiger partial charge in [0, 0.05) is 6.08 Å². The molecule has 3 heterocycles. The van der Waals surface area contributed by atoms with E-state index in [1.54, 1.807) is 12.1 Å². The number of nitrogens with zero attached hydrogens (tertiary/aromatic N) is 1. The van der Waals surface area contributed by atoms with Crippen molar-refractivity contribution in [3.63, 3.8) is 0 Å². The SMILES string of the molecule is O=C([O-])C1/C(=C/c2ccco2)OC2CC(=O)N21.[Na+]. The van der Waals surface area contributed by atoms with Crippen molar-refractivity contribution < 1.29 is 53.4 Å². The van der Waals surface area contributed by atoms with Crippen molar-refractivity contribution in [1.29, 1.82) is 0 Å². The predicted octanol–water partition coefficient (Wildman–Crippen LogP) is -3.67. The van der Waals surface area contributed by atoms with E-state index in [0.29, 0.717) is 5.76 Å². The van der Waals surface area contributed by atoms with E-state index in [-0.39, 0.29) is 47.6 Å². The third-order valence-electron chi connectivity index (χ3n) is 2.82. The van der Waals surface area contributed by atoms with Gasteiger partial charge in [0.05, 0.1) is 18.7 Å². The Balaban J connectivity index is 0.00000120. The minimum atomic E-state index is -1.35. The van der Waals surface area contributed by atoms with E-state index in [9.17, 15) is 14.7 Å². The molecule has 3 rings (SSSR count). The standard InChI is InChI=1S/C11H9NO5.Na/c13-8-5-9-12(8)10(11(14)15)7(17-9)4-6-2-1-3-16-6;/h1-4,9-10H,5H2,(H,14,15);/q;+1/p-1/b7-4-;. The number of aliphatic carboxylic acids is 1. The van der Waals surface area contributed by atoms with Crippen molar-refractivity contribution in [2.75, 3.05) is 0 Å². The first-order chi connectivity index (χ1) is 8.16. The maximum atomic E-state index is 11.3. The van der Waals surface area contributed by atoms with Crippen LogP contribution in [0.2, 0.25) is 0 Å². The van der Waals surface area contributed by atoms with Gasteiger partial charge in [-0.15, -0.1) is 0 Å². The van der Waals surface area contributed by atoms with Gasteiger partial charge in [-0.2, -0.15) is 0 Å². The zero-order valence-corrected chi connectivity index (χ0v) is 11.7. The molecule has 2 saturated heterocycles. The number of rotatable bonds is 2. The average Bonchev–Trinajstić information content (AvgIpc) is 2.84. The number of amides is 1. The Hall–Kier alpha value is -1.24. The summed E-state index contributed by atoms with van der Waals surface area (Å²) in [6.45, 7) is 0. The van der Waals surface area contributed by atoms with Gasteiger partial charge in [0.2, 0.25) is 5.91 Å². The number of furan rings is 1. The summed E-state index contributed by atoms with van der Waals surface area (Å²) < 4.78 is 10.4. The summed E-state index contributed by atoms with van der Waals surface area (Å²) in [7, 11) is 0. The van der Waals surface area contributed by atoms with Gasteiger partial charge in [-0.05, 0) is 12.1 Å². The topological polar surface area (TPSA) is 82.8 Å². The van der Waals surface area contributed by atoms with E-state index in [1.165, 1.54) is 17.2 Å². The molecule has 1 amide bonds. The van der Waals surface area contributed by atoms with Crippen molar-refractivity contribution in [3.8, 4) is 0 Å². The molecule has 6 nitrogen and oxygen atoms in total. The maximum absolute atomic E-state index is 11.3. The zero-order valence-electron chi connectivity index (χ0n) is 9.66. The van der Waals surface area contributed by atoms with Crippen LogP contribution in [-0.2, 0) is 14.3 Å². The van der Waals surface area contributed by atoms with Crippen LogP contribution in [0.15, 0.2) is 28.6 Å². The van der Waals surface area contributed by atoms with Crippen LogP contribution < -0.4 is 34.7 Å². The number of ether oxygens (including phenoxy) is 1. The number of carbonyl (C=O) groups is 2. The first-order valence-corrected chi connectivity index (χ1v) is 5.10. The molecule has 7 heteroatoms. The van der Waals surface area contributed by atoms with Gasteiger partial charge in [0.25, 0.3) is 0 Å². The number of carboxylic acids is 1. The zero-order chi connectivity index (χ0) is 12.0. The van der Waals surface area contributed by atoms with Crippen molar-refractivity contribution in [3.05, 3.63) is 29.9 Å². The second kappa shape index (κ2) is 4.79. The molecule has 0 N–H and O–H groups in total. The van der Waals surface area contributed by atoms with E-state index >= 15 is 0 Å². The van der Waals surface area contributed by atoms with Gasteiger partial charge < -0.3 is 19.1 Å². The number of hydrogen-bond acceptors (Lipinski definition) is 5. The molecule has 0 aliphatic carbocycles. The fourth-order valence-electron chi connectivity index (χ4n) is 2.02. The second-order valence-electron chi connectivity index (χ2n) is 3.86. The second-order valence-corrected chi connectivity index (χ2v) is 3.86. The molecular formula is C11H8NNaO5. The molecule has 2 unspecified atom stereocenters. The number of carboxylic acid groups (broad SMARTS) is 1. The summed E-state index contributed by atoms with van der Waals surface area (Å²) in [5.41, 5.74) is 0. The van der Waals surface area contributed by atoms with E-state index in [1.807, 2.05) is 0 Å². The minimum absolute atomic E-state index is 0. The molecule has 0 saturated carbocycles. The molecule has 2 fully saturated rings. The van der Waals surface area contributed by atoms with Gasteiger partial charge in [-0.25, -0.2) is 0 Å². The fourth-order valence-corrected chi connectivity index (χ4v) is 2.02. The smallest absolute Gasteiger partial charge is 0.547 e. The van der Waals surface area contributed by atoms with Crippen molar-refractivity contribution >= 4 is 18.0 Å². The third-order valence-corrected chi connectivity index (χ3v) is 2.82. The Kier molecular flexibility index (Phi) is 3.52. The van der Waals surface area contributed by atoms with Gasteiger partial charge >= 0.3 is 29.6 Å². The Morgan fingerprint density at radius 2 is 2.33 bits per heavy atom. The first kappa shape index (κ1) is 13.2. The quantitative estimate of drug-likeness (QED) is 0.403. The van der Waals surface area contributed by atoms with Crippen LogP contribution in [0.3, 0.4) is 0 Å². The molecule has 2 aliphatic rings. The van der Waals surface area contributed by atoms with Gasteiger partial charge in [-0.1, -0.05) is 0 Å². The van der Waals surface area contributed by atoms with Gasteiger partial charge in [0.15, 0.2) is 6.23 Å². The van der Waals surface area contributed by atoms with Crippen molar-refractivity contribution in [1.82, 2.24) is 4.90 Å². The number of carbonyl (C=O) groups excluding carboxylic acids is 2. The molecule has 2 atom stereocenters. The number of hydrogen-bond donors (Lipinski definition) is 0. The Labute approximate surface area is 124 Å². The molecule has 2 aliphatic heterocycles. The van der Waals surface area contributed by atoms with Crippen LogP contribution in [0.1, 0.15) is 12.2 Å². The van der Waals surface area contributed by atoms with Crippen LogP contribution in [-0.4, -0.2) is 29.0 Å². The van der Waals surface area contributed by atoms with E-state index in [2.05, 4.69) is 0 Å². The summed E-state index contributed by atoms with van der Waals surface area (Å²) in [5.74, 6) is -0.942. The average molecular weight is 257 g/mol. The van der Waals surface area contributed by atoms with Gasteiger partial charge in [0.1, 0.15) is 17.6 Å². The third kappa shape index (κ3) is 1.96. The Bertz CT molecular complexity index is 510. The predicted molar refractivity (Wildman–Crippen MR) is 51.8 cm³/mol. The monoisotopic (exact) mass is 257 g/mol. The van der Waals surface area contributed by atoms with Crippen molar-refractivity contribution in [2.24, 2.45) is 0 Å². The van der Waals surface area contributed by atoms with E-state index < -0.39 is 18.2 Å². The molecule has 0 radical (unpaired) electrons. The van der Waals surface area contributed by atoms with Crippen LogP contribution in [0.4, 0.5) is 0 Å².